The van der Waals surface area contributed by atoms with E-state index in [1.165, 1.54) is 0 Å². The van der Waals surface area contributed by atoms with Crippen molar-refractivity contribution in [2.24, 2.45) is 0 Å². The Hall–Kier alpha value is -0.700. The van der Waals surface area contributed by atoms with Crippen molar-refractivity contribution in [3.63, 3.8) is 0 Å². The second-order valence-corrected chi connectivity index (χ2v) is 1.52. The molecule has 0 unspecified atom stereocenters. The van der Waals surface area contributed by atoms with Crippen LogP contribution in [-0.4, -0.2) is 18.7 Å². The molecule has 0 spiro atoms. The predicted molar refractivity (Wildman–Crippen MR) is 28.0 cm³/mol. The van der Waals surface area contributed by atoms with Crippen molar-refractivity contribution in [3.05, 3.63) is 12.4 Å². The average Bonchev–Trinajstić information content (AvgIpc) is 1.69. The molecule has 0 aliphatic carbocycles. The van der Waals surface area contributed by atoms with Crippen molar-refractivity contribution in [1.29, 1.82) is 0 Å². The van der Waals surface area contributed by atoms with Crippen LogP contribution in [0.3, 0.4) is 0 Å². The molecule has 1 rings (SSSR count). The molecular formula is C4H9N3. The Morgan fingerprint density at radius 1 is 1.57 bits per heavy atom. The maximum absolute atomic E-state index is 3.02. The van der Waals surface area contributed by atoms with Gasteiger partial charge >= 0.3 is 0 Å². The van der Waals surface area contributed by atoms with Crippen LogP contribution < -0.4 is 10.7 Å². The summed E-state index contributed by atoms with van der Waals surface area (Å²) in [5.41, 5.74) is 2.97. The number of rotatable bonds is 0. The van der Waals surface area contributed by atoms with Gasteiger partial charge < -0.3 is 10.7 Å². The Morgan fingerprint density at radius 3 is 2.71 bits per heavy atom. The van der Waals surface area contributed by atoms with E-state index in [0.717, 1.165) is 6.67 Å². The maximum Gasteiger partial charge on any atom is 0.0850 e. The van der Waals surface area contributed by atoms with Gasteiger partial charge in [0, 0.05) is 19.4 Å². The molecule has 0 saturated heterocycles. The first kappa shape index (κ1) is 4.46. The van der Waals surface area contributed by atoms with Gasteiger partial charge in [0.1, 0.15) is 0 Å². The first-order valence-electron chi connectivity index (χ1n) is 2.25. The van der Waals surface area contributed by atoms with Crippen molar-refractivity contribution >= 4 is 0 Å². The lowest BCUT2D eigenvalue weighted by Gasteiger charge is -2.19. The predicted octanol–water partition coefficient (Wildman–Crippen LogP) is -0.545. The zero-order chi connectivity index (χ0) is 5.11. The molecule has 1 heterocycles. The summed E-state index contributed by atoms with van der Waals surface area (Å²) >= 11 is 0. The molecule has 0 bridgehead atoms. The van der Waals surface area contributed by atoms with E-state index >= 15 is 0 Å². The van der Waals surface area contributed by atoms with E-state index in [1.807, 2.05) is 24.5 Å². The van der Waals surface area contributed by atoms with Crippen LogP contribution in [-0.2, 0) is 0 Å². The van der Waals surface area contributed by atoms with Gasteiger partial charge in [0.15, 0.2) is 0 Å². The summed E-state index contributed by atoms with van der Waals surface area (Å²) in [5.74, 6) is 0. The van der Waals surface area contributed by atoms with Crippen molar-refractivity contribution in [2.75, 3.05) is 13.7 Å². The van der Waals surface area contributed by atoms with Gasteiger partial charge in [-0.3, -0.25) is 0 Å². The molecule has 0 fully saturated rings. The van der Waals surface area contributed by atoms with Gasteiger partial charge in [-0.15, -0.1) is 0 Å². The number of nitrogens with zero attached hydrogens (tertiary/aromatic N) is 1. The van der Waals surface area contributed by atoms with Gasteiger partial charge in [-0.25, -0.2) is 5.01 Å². The van der Waals surface area contributed by atoms with Crippen LogP contribution in [0.25, 0.3) is 0 Å². The number of hydrazine groups is 1. The fourth-order valence-corrected chi connectivity index (χ4v) is 0.459. The van der Waals surface area contributed by atoms with Crippen LogP contribution in [0, 0.1) is 0 Å². The highest BCUT2D eigenvalue weighted by Crippen LogP contribution is 1.76. The smallest absolute Gasteiger partial charge is 0.0850 e. The van der Waals surface area contributed by atoms with Crippen LogP contribution in [0.5, 0.6) is 0 Å². The van der Waals surface area contributed by atoms with Gasteiger partial charge in [0.2, 0.25) is 0 Å². The van der Waals surface area contributed by atoms with E-state index < -0.39 is 0 Å². The Morgan fingerprint density at radius 2 is 2.43 bits per heavy atom. The van der Waals surface area contributed by atoms with Crippen molar-refractivity contribution in [2.45, 2.75) is 0 Å². The molecule has 0 saturated carbocycles. The molecule has 0 aromatic carbocycles. The Labute approximate surface area is 43.0 Å². The molecule has 40 valence electrons. The molecule has 1 aliphatic rings. The Kier molecular flexibility index (Phi) is 1.17. The number of hydrogen-bond donors (Lipinski definition) is 2. The molecule has 0 amide bonds. The highest BCUT2D eigenvalue weighted by molar-refractivity contribution is 4.78. The lowest BCUT2D eigenvalue weighted by molar-refractivity contribution is 0.252. The largest absolute Gasteiger partial charge is 0.375 e. The molecule has 2 N–H and O–H groups in total. The SMILES string of the molecule is CN1CNC=CN1. The van der Waals surface area contributed by atoms with Crippen LogP contribution in [0.4, 0.5) is 0 Å². The van der Waals surface area contributed by atoms with Gasteiger partial charge in [0.05, 0.1) is 6.67 Å². The third-order valence-electron chi connectivity index (χ3n) is 0.825. The minimum atomic E-state index is 0.872. The minimum absolute atomic E-state index is 0.872. The van der Waals surface area contributed by atoms with Crippen LogP contribution in [0.2, 0.25) is 0 Å². The fourth-order valence-electron chi connectivity index (χ4n) is 0.459. The summed E-state index contributed by atoms with van der Waals surface area (Å²) in [6.07, 6.45) is 3.73. The molecule has 0 atom stereocenters. The van der Waals surface area contributed by atoms with E-state index in [-0.39, 0.29) is 0 Å². The number of nitrogens with one attached hydrogen (secondary N) is 2. The van der Waals surface area contributed by atoms with E-state index in [1.54, 1.807) is 0 Å². The zero-order valence-corrected chi connectivity index (χ0v) is 4.31. The molecule has 3 heteroatoms. The summed E-state index contributed by atoms with van der Waals surface area (Å²) in [5, 5.41) is 4.96. The van der Waals surface area contributed by atoms with Crippen molar-refractivity contribution in [3.8, 4) is 0 Å². The van der Waals surface area contributed by atoms with Gasteiger partial charge in [-0.2, -0.15) is 0 Å². The summed E-state index contributed by atoms with van der Waals surface area (Å²) in [6.45, 7) is 0.872. The molecular weight excluding hydrogens is 90.1 g/mol. The standard InChI is InChI=1S/C4H9N3/c1-7-4-5-2-3-6-7/h2-3,5-6H,4H2,1H3. The first-order chi connectivity index (χ1) is 3.39. The third-order valence-corrected chi connectivity index (χ3v) is 0.825. The lowest BCUT2D eigenvalue weighted by Crippen LogP contribution is -2.40. The molecule has 0 aromatic heterocycles. The molecule has 3 nitrogen and oxygen atoms in total. The van der Waals surface area contributed by atoms with E-state index in [4.69, 9.17) is 0 Å². The second kappa shape index (κ2) is 1.84. The highest BCUT2D eigenvalue weighted by Gasteiger charge is 1.92. The maximum atomic E-state index is 3.02. The Bertz CT molecular complexity index is 79.0. The van der Waals surface area contributed by atoms with Gasteiger partial charge in [0.25, 0.3) is 0 Å². The lowest BCUT2D eigenvalue weighted by atomic mass is 10.8. The fraction of sp³-hybridized carbons (Fsp3) is 0.500. The number of hydrogen-bond acceptors (Lipinski definition) is 3. The molecule has 0 aromatic rings. The summed E-state index contributed by atoms with van der Waals surface area (Å²) in [6, 6.07) is 0. The first-order valence-corrected chi connectivity index (χ1v) is 2.25. The van der Waals surface area contributed by atoms with Crippen LogP contribution in [0.15, 0.2) is 12.4 Å². The normalized spacial score (nSPS) is 20.7. The summed E-state index contributed by atoms with van der Waals surface area (Å²) < 4.78 is 0. The van der Waals surface area contributed by atoms with Crippen molar-refractivity contribution in [1.82, 2.24) is 15.8 Å². The average molecular weight is 99.1 g/mol. The van der Waals surface area contributed by atoms with Gasteiger partial charge in [-0.1, -0.05) is 0 Å². The topological polar surface area (TPSA) is 27.3 Å². The van der Waals surface area contributed by atoms with E-state index in [0.29, 0.717) is 0 Å². The molecule has 7 heavy (non-hydrogen) atoms. The summed E-state index contributed by atoms with van der Waals surface area (Å²) in [4.78, 5) is 0. The third kappa shape index (κ3) is 1.08. The quantitative estimate of drug-likeness (QED) is 0.427. The van der Waals surface area contributed by atoms with Crippen LogP contribution in [0.1, 0.15) is 0 Å². The molecule has 0 radical (unpaired) electrons. The minimum Gasteiger partial charge on any atom is -0.375 e. The Balaban J connectivity index is 2.32. The highest BCUT2D eigenvalue weighted by atomic mass is 15.5. The second-order valence-electron chi connectivity index (χ2n) is 1.52. The van der Waals surface area contributed by atoms with Gasteiger partial charge in [-0.05, 0) is 0 Å². The zero-order valence-electron chi connectivity index (χ0n) is 4.31. The van der Waals surface area contributed by atoms with E-state index in [9.17, 15) is 0 Å². The van der Waals surface area contributed by atoms with Crippen LogP contribution >= 0.6 is 0 Å². The van der Waals surface area contributed by atoms with E-state index in [2.05, 4.69) is 10.7 Å². The van der Waals surface area contributed by atoms with Crippen molar-refractivity contribution < 1.29 is 0 Å². The summed E-state index contributed by atoms with van der Waals surface area (Å²) in [7, 11) is 1.97. The monoisotopic (exact) mass is 99.1 g/mol. The molecule has 1 aliphatic heterocycles.